The number of fused-ring (bicyclic) bond motifs is 2. The lowest BCUT2D eigenvalue weighted by Gasteiger charge is -2.29. The third-order valence-electron chi connectivity index (χ3n) is 5.04. The van der Waals surface area contributed by atoms with Gasteiger partial charge in [0, 0.05) is 18.6 Å². The molecule has 1 saturated heterocycles. The molecule has 1 aromatic heterocycles. The van der Waals surface area contributed by atoms with Crippen LogP contribution in [0.3, 0.4) is 0 Å². The molecule has 2 atom stereocenters. The average molecular weight is 264 g/mol. The van der Waals surface area contributed by atoms with E-state index in [0.29, 0.717) is 6.04 Å². The van der Waals surface area contributed by atoms with Crippen molar-refractivity contribution in [1.82, 2.24) is 14.8 Å². The Morgan fingerprint density at radius 2 is 1.94 bits per heavy atom. The molecule has 3 fully saturated rings. The number of rotatable bonds is 2. The fourth-order valence-corrected chi connectivity index (χ4v) is 4.44. The van der Waals surface area contributed by atoms with Gasteiger partial charge in [-0.05, 0) is 50.2 Å². The lowest BCUT2D eigenvalue weighted by atomic mass is 10.1. The molecule has 98 valence electrons. The van der Waals surface area contributed by atoms with Crippen LogP contribution in [0.2, 0.25) is 0 Å². The molecular formula is C13H20N4S. The zero-order valence-electron chi connectivity index (χ0n) is 10.6. The van der Waals surface area contributed by atoms with E-state index in [1.54, 1.807) is 0 Å². The van der Waals surface area contributed by atoms with Crippen LogP contribution in [-0.4, -0.2) is 27.4 Å². The molecule has 0 amide bonds. The second-order valence-electron chi connectivity index (χ2n) is 6.12. The van der Waals surface area contributed by atoms with Gasteiger partial charge in [-0.2, -0.15) is 0 Å². The summed E-state index contributed by atoms with van der Waals surface area (Å²) in [5.74, 6) is 2.02. The van der Waals surface area contributed by atoms with Crippen molar-refractivity contribution in [3.63, 3.8) is 0 Å². The summed E-state index contributed by atoms with van der Waals surface area (Å²) in [4.78, 5) is 2.51. The van der Waals surface area contributed by atoms with Crippen molar-refractivity contribution in [1.29, 1.82) is 0 Å². The second kappa shape index (κ2) is 4.08. The van der Waals surface area contributed by atoms with Gasteiger partial charge in [0.15, 0.2) is 4.77 Å². The summed E-state index contributed by atoms with van der Waals surface area (Å²) >= 11 is 5.45. The van der Waals surface area contributed by atoms with Gasteiger partial charge in [-0.1, -0.05) is 12.8 Å². The number of piperidine rings is 1. The number of hydrogen-bond donors (Lipinski definition) is 1. The highest BCUT2D eigenvalue weighted by Gasteiger charge is 2.40. The first-order chi connectivity index (χ1) is 8.83. The Morgan fingerprint density at radius 3 is 2.61 bits per heavy atom. The van der Waals surface area contributed by atoms with Crippen LogP contribution in [0, 0.1) is 10.7 Å². The van der Waals surface area contributed by atoms with E-state index >= 15 is 0 Å². The summed E-state index contributed by atoms with van der Waals surface area (Å²) in [6.07, 6.45) is 9.33. The molecule has 2 unspecified atom stereocenters. The summed E-state index contributed by atoms with van der Waals surface area (Å²) in [5.41, 5.74) is 0. The molecule has 18 heavy (non-hydrogen) atoms. The van der Waals surface area contributed by atoms with E-state index in [-0.39, 0.29) is 0 Å². The van der Waals surface area contributed by atoms with Gasteiger partial charge in [-0.3, -0.25) is 4.57 Å². The quantitative estimate of drug-likeness (QED) is 0.834. The van der Waals surface area contributed by atoms with Crippen LogP contribution >= 0.6 is 12.2 Å². The Hall–Kier alpha value is -0.840. The van der Waals surface area contributed by atoms with E-state index in [9.17, 15) is 0 Å². The van der Waals surface area contributed by atoms with Crippen molar-refractivity contribution in [3.8, 4) is 0 Å². The largest absolute Gasteiger partial charge is 0.338 e. The molecule has 0 aromatic carbocycles. The molecule has 5 heteroatoms. The van der Waals surface area contributed by atoms with Gasteiger partial charge in [0.05, 0.1) is 0 Å². The van der Waals surface area contributed by atoms with E-state index in [2.05, 4.69) is 19.7 Å². The third-order valence-corrected chi connectivity index (χ3v) is 5.33. The van der Waals surface area contributed by atoms with Crippen molar-refractivity contribution in [2.75, 3.05) is 11.4 Å². The molecule has 0 spiro atoms. The molecular weight excluding hydrogens is 244 g/mol. The first-order valence-corrected chi connectivity index (χ1v) is 7.67. The SMILES string of the molecule is S=c1[nH]nc(N2CC3CCC2C3)n1C1CCCC1. The lowest BCUT2D eigenvalue weighted by Crippen LogP contribution is -2.34. The first kappa shape index (κ1) is 11.0. The van der Waals surface area contributed by atoms with E-state index < -0.39 is 0 Å². The number of nitrogens with zero attached hydrogens (tertiary/aromatic N) is 3. The Morgan fingerprint density at radius 1 is 1.11 bits per heavy atom. The fourth-order valence-electron chi connectivity index (χ4n) is 4.16. The van der Waals surface area contributed by atoms with Crippen LogP contribution in [-0.2, 0) is 0 Å². The minimum Gasteiger partial charge on any atom is -0.338 e. The fraction of sp³-hybridized carbons (Fsp3) is 0.846. The van der Waals surface area contributed by atoms with Crippen LogP contribution in [0.15, 0.2) is 0 Å². The Labute approximate surface area is 112 Å². The van der Waals surface area contributed by atoms with Crippen molar-refractivity contribution in [3.05, 3.63) is 4.77 Å². The maximum atomic E-state index is 5.45. The highest BCUT2D eigenvalue weighted by molar-refractivity contribution is 7.71. The highest BCUT2D eigenvalue weighted by atomic mass is 32.1. The number of H-pyrrole nitrogens is 1. The number of aromatic amines is 1. The van der Waals surface area contributed by atoms with E-state index in [1.807, 2.05) is 0 Å². The van der Waals surface area contributed by atoms with Crippen LogP contribution < -0.4 is 4.90 Å². The van der Waals surface area contributed by atoms with Gasteiger partial charge in [-0.15, -0.1) is 5.10 Å². The lowest BCUT2D eigenvalue weighted by molar-refractivity contribution is 0.486. The van der Waals surface area contributed by atoms with Gasteiger partial charge in [0.25, 0.3) is 0 Å². The third kappa shape index (κ3) is 1.56. The van der Waals surface area contributed by atoms with Crippen molar-refractivity contribution in [2.45, 2.75) is 57.0 Å². The van der Waals surface area contributed by atoms with E-state index in [4.69, 9.17) is 12.2 Å². The number of nitrogens with one attached hydrogen (secondary N) is 1. The Kier molecular flexibility index (Phi) is 2.50. The average Bonchev–Trinajstić information content (AvgIpc) is 3.12. The molecule has 1 aliphatic heterocycles. The molecule has 2 saturated carbocycles. The molecule has 4 rings (SSSR count). The second-order valence-corrected chi connectivity index (χ2v) is 6.51. The summed E-state index contributed by atoms with van der Waals surface area (Å²) in [6.45, 7) is 1.19. The van der Waals surface area contributed by atoms with E-state index in [1.165, 1.54) is 51.5 Å². The minimum absolute atomic E-state index is 0.588. The molecule has 1 N–H and O–H groups in total. The maximum absolute atomic E-state index is 5.45. The molecule has 1 aromatic rings. The maximum Gasteiger partial charge on any atom is 0.226 e. The standard InChI is InChI=1S/C13H20N4S/c18-13-15-14-12(17(13)10-3-1-2-4-10)16-8-9-5-6-11(16)7-9/h9-11H,1-8H2,(H,15,18). The van der Waals surface area contributed by atoms with Crippen LogP contribution in [0.5, 0.6) is 0 Å². The molecule has 2 heterocycles. The van der Waals surface area contributed by atoms with Gasteiger partial charge in [0.2, 0.25) is 5.95 Å². The number of aromatic nitrogens is 3. The first-order valence-electron chi connectivity index (χ1n) is 7.26. The van der Waals surface area contributed by atoms with E-state index in [0.717, 1.165) is 22.7 Å². The molecule has 4 nitrogen and oxygen atoms in total. The van der Waals surface area contributed by atoms with Crippen LogP contribution in [0.25, 0.3) is 0 Å². The summed E-state index contributed by atoms with van der Waals surface area (Å²) in [7, 11) is 0. The molecule has 2 bridgehead atoms. The van der Waals surface area contributed by atoms with Crippen LogP contribution in [0.1, 0.15) is 51.0 Å². The molecule has 2 aliphatic carbocycles. The molecule has 3 aliphatic rings. The summed E-state index contributed by atoms with van der Waals surface area (Å²) in [5, 5.41) is 7.56. The number of hydrogen-bond acceptors (Lipinski definition) is 3. The summed E-state index contributed by atoms with van der Waals surface area (Å²) < 4.78 is 3.13. The summed E-state index contributed by atoms with van der Waals surface area (Å²) in [6, 6.07) is 1.31. The van der Waals surface area contributed by atoms with Gasteiger partial charge >= 0.3 is 0 Å². The topological polar surface area (TPSA) is 36.9 Å². The Balaban J connectivity index is 1.70. The monoisotopic (exact) mass is 264 g/mol. The zero-order valence-corrected chi connectivity index (χ0v) is 11.5. The molecule has 0 radical (unpaired) electrons. The van der Waals surface area contributed by atoms with Crippen molar-refractivity contribution >= 4 is 18.2 Å². The minimum atomic E-state index is 0.588. The van der Waals surface area contributed by atoms with Gasteiger partial charge in [0.1, 0.15) is 0 Å². The Bertz CT molecular complexity index is 499. The van der Waals surface area contributed by atoms with Gasteiger partial charge < -0.3 is 4.90 Å². The zero-order chi connectivity index (χ0) is 12.1. The van der Waals surface area contributed by atoms with Crippen LogP contribution in [0.4, 0.5) is 5.95 Å². The normalized spacial score (nSPS) is 31.7. The van der Waals surface area contributed by atoms with Crippen molar-refractivity contribution in [2.24, 2.45) is 5.92 Å². The smallest absolute Gasteiger partial charge is 0.226 e. The predicted octanol–water partition coefficient (Wildman–Crippen LogP) is 3.04. The van der Waals surface area contributed by atoms with Gasteiger partial charge in [-0.25, -0.2) is 5.10 Å². The predicted molar refractivity (Wildman–Crippen MR) is 73.4 cm³/mol. The highest BCUT2D eigenvalue weighted by Crippen LogP contribution is 2.41. The van der Waals surface area contributed by atoms with Crippen molar-refractivity contribution < 1.29 is 0 Å². The number of anilines is 1.